The molecule has 2 heterocycles. The van der Waals surface area contributed by atoms with Crippen molar-refractivity contribution >= 4 is 12.6 Å². The Labute approximate surface area is 94.2 Å². The minimum Gasteiger partial charge on any atom is -0.399 e. The third kappa shape index (κ3) is 1.53. The number of aromatic amines is 1. The lowest BCUT2D eigenvalue weighted by molar-refractivity contribution is 0.00578. The average Bonchev–Trinajstić information content (AvgIpc) is 2.52. The highest BCUT2D eigenvalue weighted by Crippen LogP contribution is 2.36. The van der Waals surface area contributed by atoms with Crippen molar-refractivity contribution in [3.8, 4) is 0 Å². The Morgan fingerprint density at radius 3 is 2.00 bits per heavy atom. The number of hydrogen-bond donors (Lipinski definition) is 1. The normalized spacial score (nSPS) is 22.7. The summed E-state index contributed by atoms with van der Waals surface area (Å²) in [6.07, 6.45) is 0. The zero-order valence-corrected chi connectivity index (χ0v) is 10.2. The number of hydrogen-bond acceptors (Lipinski definition) is 4. The van der Waals surface area contributed by atoms with Crippen molar-refractivity contribution in [3.63, 3.8) is 0 Å². The topological polar surface area (TPSA) is 64.5 Å². The molecule has 2 rings (SSSR count). The molecule has 1 fully saturated rings. The van der Waals surface area contributed by atoms with Crippen LogP contribution in [0.3, 0.4) is 0 Å². The van der Waals surface area contributed by atoms with E-state index < -0.39 is 23.9 Å². The van der Waals surface area contributed by atoms with Gasteiger partial charge in [0.05, 0.1) is 22.4 Å². The van der Waals surface area contributed by atoms with Crippen LogP contribution >= 0.6 is 0 Å². The van der Waals surface area contributed by atoms with Crippen LogP contribution in [0.25, 0.3) is 0 Å². The van der Waals surface area contributed by atoms with Crippen molar-refractivity contribution in [2.45, 2.75) is 45.8 Å². The highest BCUT2D eigenvalue weighted by atomic mass is 16.7. The first-order valence-electron chi connectivity index (χ1n) is 5.28. The lowest BCUT2D eigenvalue weighted by Crippen LogP contribution is -2.42. The van der Waals surface area contributed by atoms with E-state index in [4.69, 9.17) is 13.8 Å². The largest absolute Gasteiger partial charge is 0.504 e. The van der Waals surface area contributed by atoms with Crippen LogP contribution in [-0.4, -0.2) is 23.5 Å². The first-order chi connectivity index (χ1) is 7.24. The molecular weight excluding hydrogens is 209 g/mol. The van der Waals surface area contributed by atoms with Gasteiger partial charge >= 0.3 is 12.7 Å². The van der Waals surface area contributed by atoms with Gasteiger partial charge in [0.25, 0.3) is 0 Å². The summed E-state index contributed by atoms with van der Waals surface area (Å²) in [6, 6.07) is 0. The van der Waals surface area contributed by atoms with E-state index in [9.17, 15) is 4.79 Å². The Bertz CT molecular complexity index is 444. The van der Waals surface area contributed by atoms with Gasteiger partial charge in [-0.15, -0.1) is 0 Å². The van der Waals surface area contributed by atoms with Crippen LogP contribution < -0.4 is 11.1 Å². The molecule has 1 aliphatic heterocycles. The molecule has 0 radical (unpaired) electrons. The summed E-state index contributed by atoms with van der Waals surface area (Å²) in [5.41, 5.74) is -0.278. The maximum Gasteiger partial charge on any atom is 0.504 e. The van der Waals surface area contributed by atoms with E-state index in [-0.39, 0.29) is 0 Å². The van der Waals surface area contributed by atoms with E-state index in [1.807, 2.05) is 27.7 Å². The van der Waals surface area contributed by atoms with E-state index >= 15 is 0 Å². The van der Waals surface area contributed by atoms with Gasteiger partial charge in [-0.1, -0.05) is 0 Å². The number of rotatable bonds is 1. The Kier molecular flexibility index (Phi) is 2.33. The summed E-state index contributed by atoms with van der Waals surface area (Å²) in [6.45, 7) is 9.52. The smallest absolute Gasteiger partial charge is 0.399 e. The summed E-state index contributed by atoms with van der Waals surface area (Å²) in [4.78, 5) is 11.5. The zero-order chi connectivity index (χ0) is 12.1. The van der Waals surface area contributed by atoms with Crippen LogP contribution in [0, 0.1) is 6.92 Å². The molecular formula is C10H16BNO4. The second-order valence-corrected chi connectivity index (χ2v) is 5.12. The van der Waals surface area contributed by atoms with Gasteiger partial charge in [-0.3, -0.25) is 0 Å². The van der Waals surface area contributed by atoms with Gasteiger partial charge in [0.15, 0.2) is 0 Å². The van der Waals surface area contributed by atoms with Crippen molar-refractivity contribution in [1.82, 2.24) is 5.16 Å². The Morgan fingerprint density at radius 2 is 1.62 bits per heavy atom. The molecule has 0 saturated carbocycles. The van der Waals surface area contributed by atoms with Gasteiger partial charge in [0.1, 0.15) is 0 Å². The predicted octanol–water partition coefficient (Wildman–Crippen LogP) is 0.576. The second-order valence-electron chi connectivity index (χ2n) is 5.12. The molecule has 0 spiro atoms. The predicted molar refractivity (Wildman–Crippen MR) is 59.8 cm³/mol. The molecule has 5 nitrogen and oxygen atoms in total. The van der Waals surface area contributed by atoms with Crippen LogP contribution in [0.5, 0.6) is 0 Å². The highest BCUT2D eigenvalue weighted by molar-refractivity contribution is 6.62. The number of aryl methyl sites for hydroxylation is 1. The Hall–Kier alpha value is -1.01. The standard InChI is InChI=1S/C10H16BNO4/c1-6-7(8(13)14-12-6)11-15-9(2,3)10(4,5)16-11/h12H,1-5H3. The SMILES string of the molecule is Cc1[nH]oc(=O)c1B1OC(C)(C)C(C)(C)O1. The fourth-order valence-electron chi connectivity index (χ4n) is 1.62. The average molecular weight is 225 g/mol. The van der Waals surface area contributed by atoms with Crippen molar-refractivity contribution in [3.05, 3.63) is 16.1 Å². The fourth-order valence-corrected chi connectivity index (χ4v) is 1.62. The van der Waals surface area contributed by atoms with E-state index in [0.717, 1.165) is 0 Å². The lowest BCUT2D eigenvalue weighted by Gasteiger charge is -2.32. The zero-order valence-electron chi connectivity index (χ0n) is 10.2. The summed E-state index contributed by atoms with van der Waals surface area (Å²) in [5, 5.41) is 2.52. The van der Waals surface area contributed by atoms with Crippen molar-refractivity contribution in [1.29, 1.82) is 0 Å². The van der Waals surface area contributed by atoms with Crippen LogP contribution in [0.4, 0.5) is 0 Å². The van der Waals surface area contributed by atoms with Crippen LogP contribution in [-0.2, 0) is 9.31 Å². The number of aromatic nitrogens is 1. The van der Waals surface area contributed by atoms with Gasteiger partial charge in [0, 0.05) is 0 Å². The number of H-pyrrole nitrogens is 1. The molecule has 0 aromatic carbocycles. The van der Waals surface area contributed by atoms with Gasteiger partial charge in [-0.05, 0) is 34.6 Å². The van der Waals surface area contributed by atoms with E-state index in [2.05, 4.69) is 5.16 Å². The molecule has 0 bridgehead atoms. The van der Waals surface area contributed by atoms with Crippen molar-refractivity contribution in [2.75, 3.05) is 0 Å². The van der Waals surface area contributed by atoms with Gasteiger partial charge < -0.3 is 13.8 Å². The van der Waals surface area contributed by atoms with Crippen molar-refractivity contribution < 1.29 is 13.8 Å². The minimum absolute atomic E-state index is 0.415. The molecule has 88 valence electrons. The molecule has 1 saturated heterocycles. The van der Waals surface area contributed by atoms with E-state index in [1.165, 1.54) is 0 Å². The second kappa shape index (κ2) is 3.24. The quantitative estimate of drug-likeness (QED) is 0.710. The van der Waals surface area contributed by atoms with E-state index in [0.29, 0.717) is 11.2 Å². The maximum atomic E-state index is 11.5. The third-order valence-electron chi connectivity index (χ3n) is 3.41. The fraction of sp³-hybridized carbons (Fsp3) is 0.700. The molecule has 1 aliphatic rings. The van der Waals surface area contributed by atoms with E-state index in [1.54, 1.807) is 6.92 Å². The van der Waals surface area contributed by atoms with Crippen LogP contribution in [0.15, 0.2) is 9.32 Å². The summed E-state index contributed by atoms with van der Waals surface area (Å²) >= 11 is 0. The first kappa shape index (κ1) is 11.5. The summed E-state index contributed by atoms with van der Waals surface area (Å²) in [5.74, 6) is 0. The third-order valence-corrected chi connectivity index (χ3v) is 3.41. The van der Waals surface area contributed by atoms with Gasteiger partial charge in [-0.25, -0.2) is 9.95 Å². The van der Waals surface area contributed by atoms with Gasteiger partial charge in [-0.2, -0.15) is 0 Å². The summed E-state index contributed by atoms with van der Waals surface area (Å²) < 4.78 is 16.2. The molecule has 0 atom stereocenters. The summed E-state index contributed by atoms with van der Waals surface area (Å²) in [7, 11) is -0.660. The highest BCUT2D eigenvalue weighted by Gasteiger charge is 2.53. The van der Waals surface area contributed by atoms with Crippen LogP contribution in [0.1, 0.15) is 33.4 Å². The Balaban J connectivity index is 2.38. The number of nitrogens with one attached hydrogen (secondary N) is 1. The molecule has 6 heteroatoms. The lowest BCUT2D eigenvalue weighted by atomic mass is 9.79. The van der Waals surface area contributed by atoms with Gasteiger partial charge in [0.2, 0.25) is 0 Å². The maximum absolute atomic E-state index is 11.5. The molecule has 1 aromatic heterocycles. The Morgan fingerprint density at radius 1 is 1.12 bits per heavy atom. The molecule has 0 amide bonds. The molecule has 16 heavy (non-hydrogen) atoms. The van der Waals surface area contributed by atoms with Crippen LogP contribution in [0.2, 0.25) is 0 Å². The molecule has 0 unspecified atom stereocenters. The molecule has 1 aromatic rings. The molecule has 1 N–H and O–H groups in total. The first-order valence-corrected chi connectivity index (χ1v) is 5.28. The monoisotopic (exact) mass is 225 g/mol. The minimum atomic E-state index is -0.660. The molecule has 0 aliphatic carbocycles. The van der Waals surface area contributed by atoms with Crippen molar-refractivity contribution in [2.24, 2.45) is 0 Å².